The molecule has 0 aliphatic carbocycles. The molecule has 118 valence electrons. The van der Waals surface area contributed by atoms with Crippen molar-refractivity contribution in [2.45, 2.75) is 20.8 Å². The number of amides is 1. The first-order valence-electron chi connectivity index (χ1n) is 7.13. The summed E-state index contributed by atoms with van der Waals surface area (Å²) >= 11 is 0. The highest BCUT2D eigenvalue weighted by atomic mass is 16.5. The van der Waals surface area contributed by atoms with Crippen LogP contribution in [-0.4, -0.2) is 40.7 Å². The summed E-state index contributed by atoms with van der Waals surface area (Å²) in [4.78, 5) is 20.4. The summed E-state index contributed by atoms with van der Waals surface area (Å²) in [6.45, 7) is 7.35. The molecule has 1 amide bonds. The van der Waals surface area contributed by atoms with Gasteiger partial charge < -0.3 is 20.5 Å². The summed E-state index contributed by atoms with van der Waals surface area (Å²) in [5.41, 5.74) is 0.451. The maximum atomic E-state index is 11.9. The van der Waals surface area contributed by atoms with Crippen molar-refractivity contribution in [3.05, 3.63) is 29.4 Å². The van der Waals surface area contributed by atoms with Gasteiger partial charge in [0.15, 0.2) is 0 Å². The van der Waals surface area contributed by atoms with Crippen LogP contribution in [0.1, 0.15) is 28.9 Å². The first kappa shape index (κ1) is 15.7. The van der Waals surface area contributed by atoms with Crippen molar-refractivity contribution < 1.29 is 9.32 Å². The van der Waals surface area contributed by atoms with Gasteiger partial charge in [-0.15, -0.1) is 0 Å². The lowest BCUT2D eigenvalue weighted by atomic mass is 10.2. The zero-order valence-corrected chi connectivity index (χ0v) is 12.9. The van der Waals surface area contributed by atoms with Crippen molar-refractivity contribution in [3.8, 4) is 0 Å². The van der Waals surface area contributed by atoms with E-state index in [1.54, 1.807) is 6.92 Å². The lowest BCUT2D eigenvalue weighted by molar-refractivity contribution is 0.0953. The highest BCUT2D eigenvalue weighted by Gasteiger charge is 2.11. The molecule has 0 spiro atoms. The molecule has 3 N–H and O–H groups in total. The summed E-state index contributed by atoms with van der Waals surface area (Å²) in [5, 5.41) is 12.7. The van der Waals surface area contributed by atoms with Crippen LogP contribution in [0, 0.1) is 13.8 Å². The lowest BCUT2D eigenvalue weighted by Gasteiger charge is -2.09. The summed E-state index contributed by atoms with van der Waals surface area (Å²) < 4.78 is 4.86. The van der Waals surface area contributed by atoms with E-state index in [2.05, 4.69) is 31.1 Å². The molecule has 0 saturated carbocycles. The summed E-state index contributed by atoms with van der Waals surface area (Å²) in [5.74, 6) is 2.49. The molecule has 0 atom stereocenters. The molecular formula is C14H20N6O2. The van der Waals surface area contributed by atoms with Gasteiger partial charge in [-0.2, -0.15) is 0 Å². The van der Waals surface area contributed by atoms with Crippen LogP contribution in [0.2, 0.25) is 0 Å². The maximum absolute atomic E-state index is 11.9. The molecular weight excluding hydrogens is 284 g/mol. The van der Waals surface area contributed by atoms with Crippen LogP contribution in [0.25, 0.3) is 0 Å². The Kier molecular flexibility index (Phi) is 5.29. The van der Waals surface area contributed by atoms with E-state index in [0.29, 0.717) is 30.2 Å². The molecule has 0 saturated heterocycles. The highest BCUT2D eigenvalue weighted by molar-refractivity contribution is 5.94. The third-order valence-electron chi connectivity index (χ3n) is 2.91. The van der Waals surface area contributed by atoms with E-state index in [1.165, 1.54) is 6.20 Å². The number of hydrogen-bond acceptors (Lipinski definition) is 7. The molecule has 2 rings (SSSR count). The highest BCUT2D eigenvalue weighted by Crippen LogP contribution is 2.10. The molecule has 8 heteroatoms. The maximum Gasteiger partial charge on any atom is 0.256 e. The Morgan fingerprint density at radius 1 is 1.18 bits per heavy atom. The SMILES string of the molecule is CCNc1cc(NCCNC(=O)c2cnoc2C)nc(C)n1. The van der Waals surface area contributed by atoms with Gasteiger partial charge in [0.05, 0.1) is 6.20 Å². The quantitative estimate of drug-likeness (QED) is 0.663. The Hall–Kier alpha value is -2.64. The van der Waals surface area contributed by atoms with Gasteiger partial charge in [-0.05, 0) is 20.8 Å². The number of nitrogens with zero attached hydrogens (tertiary/aromatic N) is 3. The smallest absolute Gasteiger partial charge is 0.256 e. The number of nitrogens with one attached hydrogen (secondary N) is 3. The number of aromatic nitrogens is 3. The van der Waals surface area contributed by atoms with Crippen LogP contribution in [0.15, 0.2) is 16.8 Å². The van der Waals surface area contributed by atoms with Crippen LogP contribution in [0.4, 0.5) is 11.6 Å². The number of hydrogen-bond donors (Lipinski definition) is 3. The van der Waals surface area contributed by atoms with E-state index in [4.69, 9.17) is 4.52 Å². The van der Waals surface area contributed by atoms with Gasteiger partial charge in [0.1, 0.15) is 28.8 Å². The van der Waals surface area contributed by atoms with Crippen LogP contribution in [0.3, 0.4) is 0 Å². The Morgan fingerprint density at radius 2 is 1.91 bits per heavy atom. The van der Waals surface area contributed by atoms with E-state index in [-0.39, 0.29) is 5.91 Å². The molecule has 0 radical (unpaired) electrons. The average Bonchev–Trinajstić information content (AvgIpc) is 2.89. The lowest BCUT2D eigenvalue weighted by Crippen LogP contribution is -2.29. The minimum absolute atomic E-state index is 0.201. The molecule has 2 heterocycles. The van der Waals surface area contributed by atoms with Crippen molar-refractivity contribution in [1.82, 2.24) is 20.4 Å². The minimum atomic E-state index is -0.201. The molecule has 0 bridgehead atoms. The first-order chi connectivity index (χ1) is 10.6. The van der Waals surface area contributed by atoms with Crippen molar-refractivity contribution >= 4 is 17.5 Å². The largest absolute Gasteiger partial charge is 0.370 e. The van der Waals surface area contributed by atoms with Crippen molar-refractivity contribution in [2.24, 2.45) is 0 Å². The van der Waals surface area contributed by atoms with Gasteiger partial charge in [-0.3, -0.25) is 4.79 Å². The average molecular weight is 304 g/mol. The second-order valence-electron chi connectivity index (χ2n) is 4.69. The van der Waals surface area contributed by atoms with Crippen molar-refractivity contribution in [1.29, 1.82) is 0 Å². The zero-order chi connectivity index (χ0) is 15.9. The van der Waals surface area contributed by atoms with Crippen molar-refractivity contribution in [2.75, 3.05) is 30.3 Å². The Bertz CT molecular complexity index is 640. The van der Waals surface area contributed by atoms with Gasteiger partial charge in [0.2, 0.25) is 0 Å². The standard InChI is InChI=1S/C14H20N6O2/c1-4-15-12-7-13(20-10(3)19-12)16-5-6-17-14(21)11-8-18-22-9(11)2/h7-8H,4-6H2,1-3H3,(H,17,21)(H2,15,16,19,20). The monoisotopic (exact) mass is 304 g/mol. The molecule has 8 nitrogen and oxygen atoms in total. The minimum Gasteiger partial charge on any atom is -0.370 e. The van der Waals surface area contributed by atoms with E-state index < -0.39 is 0 Å². The van der Waals surface area contributed by atoms with Crippen molar-refractivity contribution in [3.63, 3.8) is 0 Å². The number of carbonyl (C=O) groups is 1. The van der Waals surface area contributed by atoms with Gasteiger partial charge in [0, 0.05) is 25.7 Å². The predicted octanol–water partition coefficient (Wildman–Crippen LogP) is 1.36. The van der Waals surface area contributed by atoms with Crippen LogP contribution >= 0.6 is 0 Å². The number of aryl methyl sites for hydroxylation is 2. The molecule has 2 aromatic heterocycles. The third-order valence-corrected chi connectivity index (χ3v) is 2.91. The second-order valence-corrected chi connectivity index (χ2v) is 4.69. The topological polar surface area (TPSA) is 105 Å². The van der Waals surface area contributed by atoms with Gasteiger partial charge >= 0.3 is 0 Å². The number of anilines is 2. The molecule has 0 aliphatic rings. The molecule has 0 aliphatic heterocycles. The fourth-order valence-electron chi connectivity index (χ4n) is 1.91. The summed E-state index contributed by atoms with van der Waals surface area (Å²) in [6, 6.07) is 1.84. The third kappa shape index (κ3) is 4.18. The summed E-state index contributed by atoms with van der Waals surface area (Å²) in [6.07, 6.45) is 1.41. The molecule has 22 heavy (non-hydrogen) atoms. The van der Waals surface area contributed by atoms with Crippen LogP contribution < -0.4 is 16.0 Å². The van der Waals surface area contributed by atoms with E-state index in [9.17, 15) is 4.79 Å². The Morgan fingerprint density at radius 3 is 2.55 bits per heavy atom. The van der Waals surface area contributed by atoms with Crippen LogP contribution in [-0.2, 0) is 0 Å². The van der Waals surface area contributed by atoms with Crippen LogP contribution in [0.5, 0.6) is 0 Å². The van der Waals surface area contributed by atoms with E-state index in [1.807, 2.05) is 19.9 Å². The molecule has 0 fully saturated rings. The second kappa shape index (κ2) is 7.39. The molecule has 0 aromatic carbocycles. The molecule has 2 aromatic rings. The zero-order valence-electron chi connectivity index (χ0n) is 12.9. The van der Waals surface area contributed by atoms with Gasteiger partial charge in [-0.25, -0.2) is 9.97 Å². The first-order valence-corrected chi connectivity index (χ1v) is 7.13. The normalized spacial score (nSPS) is 10.3. The van der Waals surface area contributed by atoms with E-state index in [0.717, 1.165) is 18.2 Å². The number of rotatable bonds is 7. The van der Waals surface area contributed by atoms with Gasteiger partial charge in [-0.1, -0.05) is 5.16 Å². The number of carbonyl (C=O) groups excluding carboxylic acids is 1. The Labute approximate surface area is 128 Å². The van der Waals surface area contributed by atoms with E-state index >= 15 is 0 Å². The van der Waals surface area contributed by atoms with Gasteiger partial charge in [0.25, 0.3) is 5.91 Å². The predicted molar refractivity (Wildman–Crippen MR) is 83.0 cm³/mol. The summed E-state index contributed by atoms with van der Waals surface area (Å²) in [7, 11) is 0. The Balaban J connectivity index is 1.81. The fraction of sp³-hybridized carbons (Fsp3) is 0.429. The fourth-order valence-corrected chi connectivity index (χ4v) is 1.91. The molecule has 0 unspecified atom stereocenters.